The average molecular weight is 146 g/mol. The first-order valence-electron chi connectivity index (χ1n) is 3.89. The molecule has 1 saturated carbocycles. The molecule has 56 valence electrons. The van der Waals surface area contributed by atoms with Gasteiger partial charge in [-0.1, -0.05) is 0 Å². The van der Waals surface area contributed by atoms with Crippen LogP contribution in [-0.4, -0.2) is 11.2 Å². The molecule has 0 unspecified atom stereocenters. The van der Waals surface area contributed by atoms with Crippen molar-refractivity contribution in [2.75, 3.05) is 0 Å². The Hall–Kier alpha value is -1.18. The van der Waals surface area contributed by atoms with E-state index in [0.29, 0.717) is 0 Å². The SMILES string of the molecule is C(=Nc1cccnc1)C1CC1. The number of aromatic nitrogens is 1. The minimum absolute atomic E-state index is 0.746. The highest BCUT2D eigenvalue weighted by atomic mass is 14.8. The predicted octanol–water partition coefficient (Wildman–Crippen LogP) is 2.19. The van der Waals surface area contributed by atoms with E-state index in [2.05, 4.69) is 9.98 Å². The van der Waals surface area contributed by atoms with Crippen LogP contribution in [0.15, 0.2) is 29.5 Å². The molecule has 0 aliphatic heterocycles. The third kappa shape index (κ3) is 1.87. The van der Waals surface area contributed by atoms with Crippen LogP contribution >= 0.6 is 0 Å². The van der Waals surface area contributed by atoms with Crippen LogP contribution in [0.25, 0.3) is 0 Å². The van der Waals surface area contributed by atoms with Gasteiger partial charge in [-0.15, -0.1) is 0 Å². The van der Waals surface area contributed by atoms with Gasteiger partial charge in [-0.05, 0) is 30.9 Å². The summed E-state index contributed by atoms with van der Waals surface area (Å²) in [6, 6.07) is 3.87. The van der Waals surface area contributed by atoms with Gasteiger partial charge in [0.05, 0.1) is 11.9 Å². The van der Waals surface area contributed by atoms with E-state index in [0.717, 1.165) is 11.6 Å². The summed E-state index contributed by atoms with van der Waals surface area (Å²) in [6.07, 6.45) is 8.18. The van der Waals surface area contributed by atoms with E-state index in [1.165, 1.54) is 12.8 Å². The second-order valence-electron chi connectivity index (χ2n) is 2.83. The number of nitrogens with zero attached hydrogens (tertiary/aromatic N) is 2. The molecule has 0 radical (unpaired) electrons. The standard InChI is InChI=1S/C9H10N2/c1-2-9(7-10-5-1)11-6-8-3-4-8/h1-2,5-8H,3-4H2. The lowest BCUT2D eigenvalue weighted by atomic mass is 10.4. The van der Waals surface area contributed by atoms with E-state index in [-0.39, 0.29) is 0 Å². The lowest BCUT2D eigenvalue weighted by molar-refractivity contribution is 1.22. The molecule has 1 aromatic heterocycles. The van der Waals surface area contributed by atoms with Gasteiger partial charge >= 0.3 is 0 Å². The molecule has 0 N–H and O–H groups in total. The van der Waals surface area contributed by atoms with Crippen molar-refractivity contribution < 1.29 is 0 Å². The Morgan fingerprint density at radius 1 is 1.55 bits per heavy atom. The molecule has 0 bridgehead atoms. The summed E-state index contributed by atoms with van der Waals surface area (Å²) < 4.78 is 0. The fraction of sp³-hybridized carbons (Fsp3) is 0.333. The molecular formula is C9H10N2. The number of pyridine rings is 1. The Kier molecular flexibility index (Phi) is 1.68. The maximum Gasteiger partial charge on any atom is 0.0808 e. The highest BCUT2D eigenvalue weighted by Crippen LogP contribution is 2.27. The topological polar surface area (TPSA) is 25.2 Å². The molecule has 1 aliphatic carbocycles. The lowest BCUT2D eigenvalue weighted by Gasteiger charge is -1.88. The van der Waals surface area contributed by atoms with E-state index in [1.807, 2.05) is 18.3 Å². The van der Waals surface area contributed by atoms with Crippen LogP contribution in [0.1, 0.15) is 12.8 Å². The molecule has 1 heterocycles. The minimum Gasteiger partial charge on any atom is -0.262 e. The zero-order valence-corrected chi connectivity index (χ0v) is 6.27. The van der Waals surface area contributed by atoms with Gasteiger partial charge < -0.3 is 0 Å². The first kappa shape index (κ1) is 6.53. The molecule has 0 spiro atoms. The first-order valence-corrected chi connectivity index (χ1v) is 3.89. The number of hydrogen-bond acceptors (Lipinski definition) is 2. The summed E-state index contributed by atoms with van der Waals surface area (Å²) >= 11 is 0. The monoisotopic (exact) mass is 146 g/mol. The maximum absolute atomic E-state index is 4.28. The third-order valence-corrected chi connectivity index (χ3v) is 1.70. The molecule has 1 aromatic rings. The van der Waals surface area contributed by atoms with Gasteiger partial charge in [-0.3, -0.25) is 9.98 Å². The molecule has 11 heavy (non-hydrogen) atoms. The Morgan fingerprint density at radius 3 is 3.09 bits per heavy atom. The van der Waals surface area contributed by atoms with Crippen molar-refractivity contribution in [3.8, 4) is 0 Å². The first-order chi connectivity index (χ1) is 5.45. The van der Waals surface area contributed by atoms with E-state index < -0.39 is 0 Å². The van der Waals surface area contributed by atoms with E-state index in [4.69, 9.17) is 0 Å². The fourth-order valence-electron chi connectivity index (χ4n) is 0.867. The number of aliphatic imine (C=N–C) groups is 1. The van der Waals surface area contributed by atoms with Gasteiger partial charge in [0.25, 0.3) is 0 Å². The molecule has 0 atom stereocenters. The largest absolute Gasteiger partial charge is 0.262 e. The van der Waals surface area contributed by atoms with Crippen molar-refractivity contribution >= 4 is 11.9 Å². The Morgan fingerprint density at radius 2 is 2.45 bits per heavy atom. The van der Waals surface area contributed by atoms with Crippen molar-refractivity contribution in [3.63, 3.8) is 0 Å². The summed E-state index contributed by atoms with van der Waals surface area (Å²) in [5.74, 6) is 0.746. The Balaban J connectivity index is 2.05. The number of rotatable bonds is 2. The van der Waals surface area contributed by atoms with Crippen molar-refractivity contribution in [1.29, 1.82) is 0 Å². The lowest BCUT2D eigenvalue weighted by Crippen LogP contribution is -1.74. The van der Waals surface area contributed by atoms with E-state index in [9.17, 15) is 0 Å². The molecule has 2 heteroatoms. The molecule has 0 saturated heterocycles. The van der Waals surface area contributed by atoms with Crippen LogP contribution in [0.4, 0.5) is 5.69 Å². The van der Waals surface area contributed by atoms with Gasteiger partial charge in [0, 0.05) is 12.4 Å². The molecule has 2 nitrogen and oxygen atoms in total. The quantitative estimate of drug-likeness (QED) is 0.587. The average Bonchev–Trinajstić information content (AvgIpc) is 2.86. The second-order valence-corrected chi connectivity index (χ2v) is 2.83. The van der Waals surface area contributed by atoms with Crippen molar-refractivity contribution in [2.24, 2.45) is 10.9 Å². The van der Waals surface area contributed by atoms with Gasteiger partial charge in [0.1, 0.15) is 0 Å². The van der Waals surface area contributed by atoms with Crippen LogP contribution in [0.3, 0.4) is 0 Å². The minimum atomic E-state index is 0.746. The highest BCUT2D eigenvalue weighted by Gasteiger charge is 2.17. The van der Waals surface area contributed by atoms with Gasteiger partial charge in [-0.25, -0.2) is 0 Å². The van der Waals surface area contributed by atoms with Gasteiger partial charge in [0.15, 0.2) is 0 Å². The molecule has 1 aliphatic rings. The predicted molar refractivity (Wildman–Crippen MR) is 45.1 cm³/mol. The Bertz CT molecular complexity index is 250. The summed E-state index contributed by atoms with van der Waals surface area (Å²) in [4.78, 5) is 8.25. The fourth-order valence-corrected chi connectivity index (χ4v) is 0.867. The molecule has 0 aromatic carbocycles. The molecular weight excluding hydrogens is 136 g/mol. The van der Waals surface area contributed by atoms with E-state index >= 15 is 0 Å². The molecule has 0 amide bonds. The van der Waals surface area contributed by atoms with Crippen LogP contribution in [-0.2, 0) is 0 Å². The summed E-state index contributed by atoms with van der Waals surface area (Å²) in [5, 5.41) is 0. The third-order valence-electron chi connectivity index (χ3n) is 1.70. The van der Waals surface area contributed by atoms with Gasteiger partial charge in [0.2, 0.25) is 0 Å². The number of hydrogen-bond donors (Lipinski definition) is 0. The molecule has 1 fully saturated rings. The summed E-state index contributed by atoms with van der Waals surface area (Å²) in [7, 11) is 0. The maximum atomic E-state index is 4.28. The second kappa shape index (κ2) is 2.82. The van der Waals surface area contributed by atoms with Crippen molar-refractivity contribution in [3.05, 3.63) is 24.5 Å². The van der Waals surface area contributed by atoms with Crippen LogP contribution in [0.2, 0.25) is 0 Å². The van der Waals surface area contributed by atoms with Crippen LogP contribution < -0.4 is 0 Å². The van der Waals surface area contributed by atoms with Crippen molar-refractivity contribution in [1.82, 2.24) is 4.98 Å². The summed E-state index contributed by atoms with van der Waals surface area (Å²) in [5.41, 5.74) is 0.958. The zero-order valence-electron chi connectivity index (χ0n) is 6.27. The Labute approximate surface area is 66.0 Å². The van der Waals surface area contributed by atoms with Crippen molar-refractivity contribution in [2.45, 2.75) is 12.8 Å². The van der Waals surface area contributed by atoms with Crippen LogP contribution in [0.5, 0.6) is 0 Å². The highest BCUT2D eigenvalue weighted by molar-refractivity contribution is 5.67. The summed E-state index contributed by atoms with van der Waals surface area (Å²) in [6.45, 7) is 0. The normalized spacial score (nSPS) is 17.5. The smallest absolute Gasteiger partial charge is 0.0808 e. The van der Waals surface area contributed by atoms with E-state index in [1.54, 1.807) is 12.4 Å². The zero-order chi connectivity index (χ0) is 7.52. The van der Waals surface area contributed by atoms with Crippen LogP contribution in [0, 0.1) is 5.92 Å². The van der Waals surface area contributed by atoms with Gasteiger partial charge in [-0.2, -0.15) is 0 Å². The molecule has 2 rings (SSSR count).